The summed E-state index contributed by atoms with van der Waals surface area (Å²) in [5.74, 6) is -2.76. The number of likely N-dealkylation sites (tertiary alicyclic amines) is 2. The fourth-order valence-corrected chi connectivity index (χ4v) is 9.47. The molecule has 0 bridgehead atoms. The Morgan fingerprint density at radius 2 is 1.60 bits per heavy atom. The van der Waals surface area contributed by atoms with E-state index in [-0.39, 0.29) is 36.6 Å². The number of alkyl halides is 8. The third-order valence-electron chi connectivity index (χ3n) is 9.15. The van der Waals surface area contributed by atoms with Gasteiger partial charge in [-0.3, -0.25) is 9.59 Å². The Hall–Kier alpha value is -3.34. The summed E-state index contributed by atoms with van der Waals surface area (Å²) in [6.45, 7) is 1.84. The summed E-state index contributed by atoms with van der Waals surface area (Å²) in [7, 11) is -4.74. The van der Waals surface area contributed by atoms with Crippen LogP contribution < -0.4 is 0 Å². The number of amides is 2. The average Bonchev–Trinajstić information content (AvgIpc) is 3.49. The fraction of sp³-hybridized carbons (Fsp3) is 0.533. The maximum atomic E-state index is 15.0. The molecule has 2 amide bonds. The lowest BCUT2D eigenvalue weighted by molar-refractivity contribution is -0.348. The molecule has 0 saturated carbocycles. The lowest BCUT2D eigenvalue weighted by Gasteiger charge is -2.44. The maximum Gasteiger partial charge on any atom is 0.435 e. The molecule has 3 aliphatic rings. The van der Waals surface area contributed by atoms with E-state index in [0.29, 0.717) is 12.1 Å². The minimum atomic E-state index is -6.42. The standard InChI is InChI=1S/C30H29F9N2O5S/c1-26(2,44)15-41-22(14-21(32)24(41)42)25(43)40-12-11-27(47(45,46)19-7-5-18(31)6-8-19)20-9-4-17(13-16(20)3-10-23(27)40)28(33,29(34,35)36)30(37,38)39/h4-9,13,21-23,44H,3,10-12,14-15H2,1-2H3/t21-,22+,23-,27-/m1/s1. The summed E-state index contributed by atoms with van der Waals surface area (Å²) in [4.78, 5) is 28.1. The lowest BCUT2D eigenvalue weighted by atomic mass is 9.76. The maximum absolute atomic E-state index is 15.0. The van der Waals surface area contributed by atoms with Crippen molar-refractivity contribution in [3.63, 3.8) is 0 Å². The van der Waals surface area contributed by atoms with Gasteiger partial charge in [0.15, 0.2) is 16.0 Å². The molecule has 7 nitrogen and oxygen atoms in total. The van der Waals surface area contributed by atoms with E-state index in [9.17, 15) is 58.2 Å². The fourth-order valence-electron chi connectivity index (χ4n) is 7.11. The van der Waals surface area contributed by atoms with Gasteiger partial charge < -0.3 is 14.9 Å². The van der Waals surface area contributed by atoms with Crippen molar-refractivity contribution in [3.8, 4) is 0 Å². The van der Waals surface area contributed by atoms with E-state index in [0.717, 1.165) is 34.1 Å². The lowest BCUT2D eigenvalue weighted by Crippen LogP contribution is -2.56. The van der Waals surface area contributed by atoms with Crippen molar-refractivity contribution in [2.75, 3.05) is 13.1 Å². The molecule has 0 spiro atoms. The number of sulfone groups is 1. The third-order valence-corrected chi connectivity index (χ3v) is 11.7. The number of nitrogens with zero attached hydrogens (tertiary/aromatic N) is 2. The first-order valence-electron chi connectivity index (χ1n) is 14.4. The van der Waals surface area contributed by atoms with E-state index in [4.69, 9.17) is 0 Å². The number of hydrogen-bond acceptors (Lipinski definition) is 5. The van der Waals surface area contributed by atoms with E-state index in [1.54, 1.807) is 0 Å². The first-order valence-corrected chi connectivity index (χ1v) is 15.9. The molecule has 17 heteroatoms. The minimum Gasteiger partial charge on any atom is -0.389 e. The molecule has 2 aromatic carbocycles. The number of benzene rings is 2. The van der Waals surface area contributed by atoms with E-state index in [2.05, 4.69) is 0 Å². The smallest absolute Gasteiger partial charge is 0.389 e. The van der Waals surface area contributed by atoms with Crippen LogP contribution in [-0.4, -0.2) is 84.4 Å². The summed E-state index contributed by atoms with van der Waals surface area (Å²) in [5.41, 5.74) is -9.76. The van der Waals surface area contributed by atoms with Gasteiger partial charge in [0.1, 0.15) is 16.6 Å². The molecule has 2 saturated heterocycles. The molecule has 2 aliphatic heterocycles. The Morgan fingerprint density at radius 1 is 1.00 bits per heavy atom. The van der Waals surface area contributed by atoms with Crippen LogP contribution in [0.4, 0.5) is 39.5 Å². The van der Waals surface area contributed by atoms with Gasteiger partial charge in [-0.1, -0.05) is 18.2 Å². The van der Waals surface area contributed by atoms with Gasteiger partial charge in [-0.05, 0) is 68.5 Å². The van der Waals surface area contributed by atoms with E-state index >= 15 is 4.39 Å². The van der Waals surface area contributed by atoms with Gasteiger partial charge >= 0.3 is 18.0 Å². The second kappa shape index (κ2) is 11.1. The first kappa shape index (κ1) is 35.0. The first-order chi connectivity index (χ1) is 21.5. The molecular formula is C30H29F9N2O5S. The predicted octanol–water partition coefficient (Wildman–Crippen LogP) is 5.04. The zero-order valence-corrected chi connectivity index (χ0v) is 25.6. The zero-order chi connectivity index (χ0) is 35.1. The highest BCUT2D eigenvalue weighted by Crippen LogP contribution is 2.57. The highest BCUT2D eigenvalue weighted by molar-refractivity contribution is 7.92. The molecule has 1 N–H and O–H groups in total. The van der Waals surface area contributed by atoms with Crippen LogP contribution in [0, 0.1) is 5.82 Å². The Kier molecular flexibility index (Phi) is 8.26. The Labute approximate surface area is 263 Å². The van der Waals surface area contributed by atoms with Gasteiger partial charge in [-0.15, -0.1) is 0 Å². The number of rotatable bonds is 6. The quantitative estimate of drug-likeness (QED) is 0.337. The van der Waals surface area contributed by atoms with Crippen molar-refractivity contribution in [2.45, 2.75) is 91.1 Å². The average molecular weight is 701 g/mol. The molecule has 2 fully saturated rings. The van der Waals surface area contributed by atoms with Gasteiger partial charge in [0.25, 0.3) is 5.91 Å². The SMILES string of the molecule is CC(C)(O)CN1C(=O)[C@H](F)C[C@H]1C(=O)N1CC[C@@]2(S(=O)(=O)c3ccc(F)cc3)c3ccc(C(F)(C(F)(F)F)C(F)(F)F)cc3CC[C@@H]12. The molecule has 2 aromatic rings. The third kappa shape index (κ3) is 5.36. The number of halogens is 9. The van der Waals surface area contributed by atoms with Gasteiger partial charge in [0.2, 0.25) is 5.91 Å². The van der Waals surface area contributed by atoms with Crippen LogP contribution in [0.1, 0.15) is 49.8 Å². The number of carbonyl (C=O) groups is 2. The largest absolute Gasteiger partial charge is 0.435 e. The van der Waals surface area contributed by atoms with Crippen LogP contribution in [0.25, 0.3) is 0 Å². The summed E-state index contributed by atoms with van der Waals surface area (Å²) < 4.78 is 152. The summed E-state index contributed by atoms with van der Waals surface area (Å²) in [5, 5.41) is 10.3. The van der Waals surface area contributed by atoms with E-state index in [1.807, 2.05) is 0 Å². The van der Waals surface area contributed by atoms with E-state index in [1.165, 1.54) is 13.8 Å². The van der Waals surface area contributed by atoms with Crippen molar-refractivity contribution in [3.05, 3.63) is 65.0 Å². The van der Waals surface area contributed by atoms with Gasteiger partial charge in [-0.2, -0.15) is 26.3 Å². The van der Waals surface area contributed by atoms with Gasteiger partial charge in [0, 0.05) is 25.1 Å². The molecule has 0 unspecified atom stereocenters. The van der Waals surface area contributed by atoms with Crippen molar-refractivity contribution < 1.29 is 62.6 Å². The molecule has 0 radical (unpaired) electrons. The topological polar surface area (TPSA) is 95.0 Å². The molecule has 47 heavy (non-hydrogen) atoms. The molecule has 1 aliphatic carbocycles. The summed E-state index contributed by atoms with van der Waals surface area (Å²) in [6.07, 6.45) is -16.7. The Morgan fingerprint density at radius 3 is 2.15 bits per heavy atom. The molecule has 258 valence electrons. The van der Waals surface area contributed by atoms with Crippen LogP contribution in [0.3, 0.4) is 0 Å². The highest BCUT2D eigenvalue weighted by Gasteiger charge is 2.74. The molecule has 4 atom stereocenters. The van der Waals surface area contributed by atoms with Gasteiger partial charge in [0.05, 0.1) is 16.5 Å². The van der Waals surface area contributed by atoms with Crippen molar-refractivity contribution in [1.29, 1.82) is 0 Å². The van der Waals surface area contributed by atoms with Crippen molar-refractivity contribution in [2.24, 2.45) is 0 Å². The molecule has 2 heterocycles. The number of fused-ring (bicyclic) bond motifs is 3. The molecule has 5 rings (SSSR count). The second-order valence-electron chi connectivity index (χ2n) is 12.7. The number of aryl methyl sites for hydroxylation is 1. The normalized spacial score (nSPS) is 25.6. The van der Waals surface area contributed by atoms with Crippen LogP contribution in [0.5, 0.6) is 0 Å². The summed E-state index contributed by atoms with van der Waals surface area (Å²) >= 11 is 0. The van der Waals surface area contributed by atoms with Crippen molar-refractivity contribution >= 4 is 21.7 Å². The highest BCUT2D eigenvalue weighted by atomic mass is 32.2. The molecular weight excluding hydrogens is 671 g/mol. The van der Waals surface area contributed by atoms with Crippen LogP contribution in [-0.2, 0) is 36.3 Å². The Bertz CT molecular complexity index is 1670. The van der Waals surface area contributed by atoms with Crippen LogP contribution in [0.2, 0.25) is 0 Å². The van der Waals surface area contributed by atoms with Crippen LogP contribution >= 0.6 is 0 Å². The number of carbonyl (C=O) groups excluding carboxylic acids is 2. The number of hydrogen-bond donors (Lipinski definition) is 1. The molecule has 0 aromatic heterocycles. The second-order valence-corrected chi connectivity index (χ2v) is 14.9. The zero-order valence-electron chi connectivity index (χ0n) is 24.8. The summed E-state index contributed by atoms with van der Waals surface area (Å²) in [6, 6.07) is 1.91. The number of β-amino-alcohol motifs (C(OH)–C–C–N with tert-alkyl or cyclic N) is 1. The minimum absolute atomic E-state index is 0.211. The van der Waals surface area contributed by atoms with E-state index < -0.39 is 104 Å². The van der Waals surface area contributed by atoms with Gasteiger partial charge in [-0.25, -0.2) is 21.6 Å². The Balaban J connectivity index is 1.66. The van der Waals surface area contributed by atoms with Crippen molar-refractivity contribution in [1.82, 2.24) is 9.80 Å². The predicted molar refractivity (Wildman–Crippen MR) is 146 cm³/mol. The van der Waals surface area contributed by atoms with Crippen LogP contribution in [0.15, 0.2) is 47.4 Å². The number of aliphatic hydroxyl groups is 1. The monoisotopic (exact) mass is 700 g/mol.